The highest BCUT2D eigenvalue weighted by atomic mass is 79.9. The van der Waals surface area contributed by atoms with Crippen molar-refractivity contribution in [2.75, 3.05) is 13.2 Å². The van der Waals surface area contributed by atoms with Gasteiger partial charge in [0.1, 0.15) is 5.75 Å². The van der Waals surface area contributed by atoms with Gasteiger partial charge in [0.2, 0.25) is 0 Å². The van der Waals surface area contributed by atoms with Gasteiger partial charge < -0.3 is 9.84 Å². The fraction of sp³-hybridized carbons (Fsp3) is 0.455. The molecule has 1 aromatic rings. The Morgan fingerprint density at radius 2 is 2.36 bits per heavy atom. The number of aliphatic hydroxyl groups excluding tert-OH is 1. The lowest BCUT2D eigenvalue weighted by molar-refractivity contribution is 0.243. The molecule has 2 nitrogen and oxygen atoms in total. The average molecular weight is 255 g/mol. The van der Waals surface area contributed by atoms with Crippen LogP contribution in [0.2, 0.25) is 0 Å². The summed E-state index contributed by atoms with van der Waals surface area (Å²) in [5.74, 6) is 2.49. The Hall–Kier alpha value is -0.540. The molecule has 2 aliphatic rings. The van der Waals surface area contributed by atoms with Gasteiger partial charge in [-0.15, -0.1) is 0 Å². The Bertz CT molecular complexity index is 374. The zero-order valence-electron chi connectivity index (χ0n) is 7.61. The van der Waals surface area contributed by atoms with E-state index in [2.05, 4.69) is 22.0 Å². The van der Waals surface area contributed by atoms with Crippen LogP contribution in [0.1, 0.15) is 11.5 Å². The molecule has 1 fully saturated rings. The topological polar surface area (TPSA) is 29.5 Å². The smallest absolute Gasteiger partial charge is 0.122 e. The molecule has 3 rings (SSSR count). The maximum Gasteiger partial charge on any atom is 0.122 e. The van der Waals surface area contributed by atoms with Crippen LogP contribution in [0.15, 0.2) is 22.7 Å². The highest BCUT2D eigenvalue weighted by molar-refractivity contribution is 9.10. The van der Waals surface area contributed by atoms with Crippen molar-refractivity contribution in [2.24, 2.45) is 11.8 Å². The minimum atomic E-state index is 0.282. The number of rotatable bonds is 1. The lowest BCUT2D eigenvalue weighted by Crippen LogP contribution is -2.08. The van der Waals surface area contributed by atoms with Crippen molar-refractivity contribution in [1.29, 1.82) is 0 Å². The van der Waals surface area contributed by atoms with Gasteiger partial charge in [-0.3, -0.25) is 0 Å². The Morgan fingerprint density at radius 3 is 3.14 bits per heavy atom. The molecule has 1 aromatic carbocycles. The van der Waals surface area contributed by atoms with Crippen LogP contribution in [0.5, 0.6) is 5.75 Å². The maximum absolute atomic E-state index is 9.16. The summed E-state index contributed by atoms with van der Waals surface area (Å²) in [4.78, 5) is 0. The number of hydrogen-bond acceptors (Lipinski definition) is 2. The molecule has 0 saturated heterocycles. The lowest BCUT2D eigenvalue weighted by atomic mass is 10.1. The first-order valence-electron chi connectivity index (χ1n) is 4.84. The summed E-state index contributed by atoms with van der Waals surface area (Å²) in [5, 5.41) is 9.16. The first kappa shape index (κ1) is 8.74. The standard InChI is InChI=1S/C11H11BrO2/c12-6-1-2-10-7(3-6)11-8(4-13)9(11)5-14-10/h1-3,8-9,11,13H,4-5H2/t8-,9-,11+/m1/s1. The third-order valence-electron chi connectivity index (χ3n) is 3.30. The van der Waals surface area contributed by atoms with Gasteiger partial charge in [-0.05, 0) is 35.6 Å². The van der Waals surface area contributed by atoms with E-state index in [0.717, 1.165) is 16.8 Å². The quantitative estimate of drug-likeness (QED) is 0.833. The van der Waals surface area contributed by atoms with Crippen LogP contribution < -0.4 is 4.74 Å². The van der Waals surface area contributed by atoms with E-state index in [1.165, 1.54) is 5.56 Å². The van der Waals surface area contributed by atoms with E-state index in [1.807, 2.05) is 12.1 Å². The molecule has 0 unspecified atom stereocenters. The van der Waals surface area contributed by atoms with Crippen LogP contribution in [0.3, 0.4) is 0 Å². The minimum absolute atomic E-state index is 0.282. The molecule has 3 atom stereocenters. The molecule has 1 aliphatic heterocycles. The van der Waals surface area contributed by atoms with Gasteiger partial charge in [0.15, 0.2) is 0 Å². The number of aliphatic hydroxyl groups is 1. The summed E-state index contributed by atoms with van der Waals surface area (Å²) in [5.41, 5.74) is 1.26. The molecule has 3 heteroatoms. The lowest BCUT2D eigenvalue weighted by Gasteiger charge is -2.16. The molecule has 0 amide bonds. The molecule has 1 saturated carbocycles. The maximum atomic E-state index is 9.16. The Balaban J connectivity index is 2.02. The van der Waals surface area contributed by atoms with Crippen molar-refractivity contribution in [3.63, 3.8) is 0 Å². The Labute approximate surface area is 91.0 Å². The van der Waals surface area contributed by atoms with E-state index in [-0.39, 0.29) is 6.61 Å². The highest BCUT2D eigenvalue weighted by Crippen LogP contribution is 2.58. The van der Waals surface area contributed by atoms with Gasteiger partial charge in [0.05, 0.1) is 6.61 Å². The van der Waals surface area contributed by atoms with E-state index in [4.69, 9.17) is 9.84 Å². The first-order valence-corrected chi connectivity index (χ1v) is 5.63. The van der Waals surface area contributed by atoms with Crippen molar-refractivity contribution in [1.82, 2.24) is 0 Å². The molecule has 74 valence electrons. The largest absolute Gasteiger partial charge is 0.493 e. The van der Waals surface area contributed by atoms with Gasteiger partial charge in [-0.1, -0.05) is 15.9 Å². The van der Waals surface area contributed by atoms with Crippen molar-refractivity contribution >= 4 is 15.9 Å². The van der Waals surface area contributed by atoms with Gasteiger partial charge in [-0.2, -0.15) is 0 Å². The summed E-state index contributed by atoms with van der Waals surface area (Å²) in [6.45, 7) is 1.05. The second-order valence-electron chi connectivity index (χ2n) is 4.03. The molecular weight excluding hydrogens is 244 g/mol. The molecule has 1 N–H and O–H groups in total. The fourth-order valence-electron chi connectivity index (χ4n) is 2.48. The monoisotopic (exact) mass is 254 g/mol. The van der Waals surface area contributed by atoms with E-state index in [0.29, 0.717) is 17.8 Å². The summed E-state index contributed by atoms with van der Waals surface area (Å²) >= 11 is 3.46. The summed E-state index contributed by atoms with van der Waals surface area (Å²) in [6.07, 6.45) is 0. The van der Waals surface area contributed by atoms with E-state index in [1.54, 1.807) is 0 Å². The second kappa shape index (κ2) is 2.97. The average Bonchev–Trinajstić information content (AvgIpc) is 2.91. The van der Waals surface area contributed by atoms with Gasteiger partial charge in [0, 0.05) is 17.0 Å². The van der Waals surface area contributed by atoms with Crippen molar-refractivity contribution in [3.05, 3.63) is 28.2 Å². The van der Waals surface area contributed by atoms with Gasteiger partial charge in [0.25, 0.3) is 0 Å². The molecule has 1 aliphatic carbocycles. The Kier molecular flexibility index (Phi) is 1.86. The SMILES string of the molecule is OC[C@@H]1[C@H]2COc3ccc(Br)cc3[C@@H]12. The number of hydrogen-bond donors (Lipinski definition) is 1. The van der Waals surface area contributed by atoms with Crippen LogP contribution in [0.25, 0.3) is 0 Å². The normalized spacial score (nSPS) is 32.9. The zero-order valence-corrected chi connectivity index (χ0v) is 9.20. The molecule has 0 bridgehead atoms. The molecular formula is C11H11BrO2. The van der Waals surface area contributed by atoms with Gasteiger partial charge >= 0.3 is 0 Å². The molecule has 14 heavy (non-hydrogen) atoms. The second-order valence-corrected chi connectivity index (χ2v) is 4.94. The zero-order chi connectivity index (χ0) is 9.71. The molecule has 1 heterocycles. The molecule has 0 radical (unpaired) electrons. The fourth-order valence-corrected chi connectivity index (χ4v) is 2.86. The van der Waals surface area contributed by atoms with E-state index < -0.39 is 0 Å². The van der Waals surface area contributed by atoms with Crippen molar-refractivity contribution in [2.45, 2.75) is 5.92 Å². The number of ether oxygens (including phenoxy) is 1. The van der Waals surface area contributed by atoms with Gasteiger partial charge in [-0.25, -0.2) is 0 Å². The van der Waals surface area contributed by atoms with Crippen molar-refractivity contribution < 1.29 is 9.84 Å². The minimum Gasteiger partial charge on any atom is -0.493 e. The molecule has 0 aromatic heterocycles. The third kappa shape index (κ3) is 1.12. The Morgan fingerprint density at radius 1 is 1.50 bits per heavy atom. The summed E-state index contributed by atoms with van der Waals surface area (Å²) in [6, 6.07) is 6.11. The predicted octanol–water partition coefficient (Wildman–Crippen LogP) is 2.16. The van der Waals surface area contributed by atoms with Crippen molar-refractivity contribution in [3.8, 4) is 5.75 Å². The number of fused-ring (bicyclic) bond motifs is 3. The summed E-state index contributed by atoms with van der Waals surface area (Å²) < 4.78 is 6.72. The molecule has 0 spiro atoms. The number of halogens is 1. The van der Waals surface area contributed by atoms with Crippen LogP contribution in [-0.2, 0) is 0 Å². The first-order chi connectivity index (χ1) is 6.81. The number of benzene rings is 1. The summed E-state index contributed by atoms with van der Waals surface area (Å²) in [7, 11) is 0. The third-order valence-corrected chi connectivity index (χ3v) is 3.80. The van der Waals surface area contributed by atoms with Crippen LogP contribution in [-0.4, -0.2) is 18.3 Å². The van der Waals surface area contributed by atoms with E-state index >= 15 is 0 Å². The predicted molar refractivity (Wildman–Crippen MR) is 56.4 cm³/mol. The van der Waals surface area contributed by atoms with E-state index in [9.17, 15) is 0 Å². The van der Waals surface area contributed by atoms with Crippen LogP contribution >= 0.6 is 15.9 Å². The van der Waals surface area contributed by atoms with Crippen LogP contribution in [0, 0.1) is 11.8 Å². The van der Waals surface area contributed by atoms with Crippen LogP contribution in [0.4, 0.5) is 0 Å². The highest BCUT2D eigenvalue weighted by Gasteiger charge is 2.54.